The molecule has 0 N–H and O–H groups in total. The second-order valence-electron chi connectivity index (χ2n) is 5.13. The molecule has 0 saturated carbocycles. The van der Waals surface area contributed by atoms with Gasteiger partial charge in [0.2, 0.25) is 0 Å². The molecule has 2 aromatic rings. The van der Waals surface area contributed by atoms with Crippen molar-refractivity contribution in [2.75, 3.05) is 12.9 Å². The Morgan fingerprint density at radius 2 is 2.09 bits per heavy atom. The van der Waals surface area contributed by atoms with E-state index in [0.717, 1.165) is 17.0 Å². The zero-order valence-corrected chi connectivity index (χ0v) is 14.2. The number of esters is 1. The number of nitrogens with zero attached hydrogens (tertiary/aromatic N) is 4. The van der Waals surface area contributed by atoms with Crippen LogP contribution in [0.3, 0.4) is 0 Å². The van der Waals surface area contributed by atoms with Gasteiger partial charge < -0.3 is 9.15 Å². The predicted octanol–water partition coefficient (Wildman–Crippen LogP) is 2.79. The van der Waals surface area contributed by atoms with Crippen LogP contribution < -0.4 is 0 Å². The van der Waals surface area contributed by atoms with Crippen molar-refractivity contribution < 1.29 is 13.9 Å². The molecular weight excluding hydrogens is 304 g/mol. The van der Waals surface area contributed by atoms with E-state index in [1.165, 1.54) is 18.9 Å². The van der Waals surface area contributed by atoms with E-state index >= 15 is 0 Å². The van der Waals surface area contributed by atoms with E-state index in [0.29, 0.717) is 23.3 Å². The van der Waals surface area contributed by atoms with Gasteiger partial charge in [-0.15, -0.1) is 10.2 Å². The summed E-state index contributed by atoms with van der Waals surface area (Å²) in [4.78, 5) is 11.1. The summed E-state index contributed by atoms with van der Waals surface area (Å²) in [5.74, 6) is 0.747. The summed E-state index contributed by atoms with van der Waals surface area (Å²) in [5.41, 5.74) is 2.74. The van der Waals surface area contributed by atoms with E-state index in [1.54, 1.807) is 0 Å². The number of thioether (sulfide) groups is 1. The Labute approximate surface area is 133 Å². The highest BCUT2D eigenvalue weighted by molar-refractivity contribution is 7.99. The van der Waals surface area contributed by atoms with Gasteiger partial charge in [0, 0.05) is 17.5 Å². The molecule has 0 radical (unpaired) electrons. The van der Waals surface area contributed by atoms with E-state index in [-0.39, 0.29) is 12.0 Å². The molecule has 0 bridgehead atoms. The Bertz CT molecular complexity index is 663. The molecule has 0 saturated heterocycles. The van der Waals surface area contributed by atoms with Gasteiger partial charge in [0.25, 0.3) is 11.1 Å². The number of rotatable bonds is 6. The maximum Gasteiger partial charge on any atom is 0.306 e. The molecule has 22 heavy (non-hydrogen) atoms. The SMILES string of the molecule is COC(=O)CCSc1nnc(-c2c(C)nn(C(C)C)c2C)o1. The normalized spacial score (nSPS) is 11.2. The largest absolute Gasteiger partial charge is 0.469 e. The lowest BCUT2D eigenvalue weighted by Gasteiger charge is -2.07. The molecule has 7 nitrogen and oxygen atoms in total. The van der Waals surface area contributed by atoms with Crippen molar-refractivity contribution >= 4 is 17.7 Å². The molecule has 0 fully saturated rings. The molecule has 2 heterocycles. The monoisotopic (exact) mass is 324 g/mol. The van der Waals surface area contributed by atoms with Crippen LogP contribution in [0.15, 0.2) is 9.64 Å². The minimum Gasteiger partial charge on any atom is -0.469 e. The second-order valence-corrected chi connectivity index (χ2v) is 6.18. The van der Waals surface area contributed by atoms with Crippen molar-refractivity contribution in [3.05, 3.63) is 11.4 Å². The Morgan fingerprint density at radius 3 is 2.68 bits per heavy atom. The van der Waals surface area contributed by atoms with Crippen molar-refractivity contribution in [2.45, 2.75) is 45.4 Å². The van der Waals surface area contributed by atoms with Gasteiger partial charge in [0.1, 0.15) is 0 Å². The molecule has 0 aliphatic heterocycles. The zero-order valence-electron chi connectivity index (χ0n) is 13.4. The number of aryl methyl sites for hydroxylation is 1. The molecule has 0 aromatic carbocycles. The van der Waals surface area contributed by atoms with Gasteiger partial charge in [-0.05, 0) is 27.7 Å². The molecule has 2 rings (SSSR count). The van der Waals surface area contributed by atoms with Crippen LogP contribution in [-0.4, -0.2) is 38.8 Å². The molecule has 0 amide bonds. The summed E-state index contributed by atoms with van der Waals surface area (Å²) in [5, 5.41) is 13.1. The maximum absolute atomic E-state index is 11.1. The van der Waals surface area contributed by atoms with E-state index in [1.807, 2.05) is 18.5 Å². The summed E-state index contributed by atoms with van der Waals surface area (Å²) in [7, 11) is 1.37. The van der Waals surface area contributed by atoms with Crippen LogP contribution in [-0.2, 0) is 9.53 Å². The van der Waals surface area contributed by atoms with Crippen LogP contribution in [0.5, 0.6) is 0 Å². The van der Waals surface area contributed by atoms with Gasteiger partial charge in [0.15, 0.2) is 0 Å². The summed E-state index contributed by atoms with van der Waals surface area (Å²) in [6.07, 6.45) is 0.308. The lowest BCUT2D eigenvalue weighted by Crippen LogP contribution is -2.04. The van der Waals surface area contributed by atoms with Crippen molar-refractivity contribution in [3.8, 4) is 11.5 Å². The standard InChI is InChI=1S/C14H20N4O3S/c1-8(2)18-10(4)12(9(3)17-18)13-15-16-14(21-13)22-7-6-11(19)20-5/h8H,6-7H2,1-5H3. The molecule has 0 aliphatic rings. The number of carbonyl (C=O) groups excluding carboxylic acids is 1. The Hall–Kier alpha value is -1.83. The van der Waals surface area contributed by atoms with E-state index < -0.39 is 0 Å². The number of carbonyl (C=O) groups is 1. The van der Waals surface area contributed by atoms with E-state index in [2.05, 4.69) is 33.9 Å². The summed E-state index contributed by atoms with van der Waals surface area (Å²) < 4.78 is 12.2. The lowest BCUT2D eigenvalue weighted by molar-refractivity contribution is -0.140. The van der Waals surface area contributed by atoms with Gasteiger partial charge in [-0.2, -0.15) is 5.10 Å². The average molecular weight is 324 g/mol. The molecule has 8 heteroatoms. The van der Waals surface area contributed by atoms with E-state index in [4.69, 9.17) is 4.42 Å². The minimum atomic E-state index is -0.253. The highest BCUT2D eigenvalue weighted by Gasteiger charge is 2.20. The van der Waals surface area contributed by atoms with Crippen molar-refractivity contribution in [2.24, 2.45) is 0 Å². The lowest BCUT2D eigenvalue weighted by atomic mass is 10.2. The highest BCUT2D eigenvalue weighted by atomic mass is 32.2. The first-order chi connectivity index (χ1) is 10.4. The fraction of sp³-hybridized carbons (Fsp3) is 0.571. The van der Waals surface area contributed by atoms with Crippen molar-refractivity contribution in [3.63, 3.8) is 0 Å². The van der Waals surface area contributed by atoms with E-state index in [9.17, 15) is 4.79 Å². The Morgan fingerprint density at radius 1 is 1.36 bits per heavy atom. The van der Waals surface area contributed by atoms with Gasteiger partial charge in [0.05, 0.1) is 24.8 Å². The fourth-order valence-corrected chi connectivity index (χ4v) is 2.85. The Balaban J connectivity index is 2.13. The first-order valence-electron chi connectivity index (χ1n) is 7.03. The van der Waals surface area contributed by atoms with Gasteiger partial charge in [-0.1, -0.05) is 11.8 Å². The summed E-state index contributed by atoms with van der Waals surface area (Å²) in [6.45, 7) is 8.06. The van der Waals surface area contributed by atoms with Crippen molar-refractivity contribution in [1.29, 1.82) is 0 Å². The first kappa shape index (κ1) is 16.5. The second kappa shape index (κ2) is 6.95. The minimum absolute atomic E-state index is 0.253. The third-order valence-electron chi connectivity index (χ3n) is 3.19. The smallest absolute Gasteiger partial charge is 0.306 e. The Kier molecular flexibility index (Phi) is 5.23. The number of hydrogen-bond donors (Lipinski definition) is 0. The van der Waals surface area contributed by atoms with Crippen LogP contribution in [0, 0.1) is 13.8 Å². The van der Waals surface area contributed by atoms with Crippen LogP contribution >= 0.6 is 11.8 Å². The number of aromatic nitrogens is 4. The molecular formula is C14H20N4O3S. The third-order valence-corrected chi connectivity index (χ3v) is 4.01. The number of hydrogen-bond acceptors (Lipinski definition) is 7. The topological polar surface area (TPSA) is 83.0 Å². The van der Waals surface area contributed by atoms with Crippen LogP contribution in [0.25, 0.3) is 11.5 Å². The fourth-order valence-electron chi connectivity index (χ4n) is 2.17. The number of methoxy groups -OCH3 is 1. The molecule has 120 valence electrons. The average Bonchev–Trinajstić information content (AvgIpc) is 3.03. The van der Waals surface area contributed by atoms with Crippen LogP contribution in [0.2, 0.25) is 0 Å². The van der Waals surface area contributed by atoms with Crippen molar-refractivity contribution in [1.82, 2.24) is 20.0 Å². The van der Waals surface area contributed by atoms with Gasteiger partial charge in [-0.25, -0.2) is 0 Å². The zero-order chi connectivity index (χ0) is 16.3. The maximum atomic E-state index is 11.1. The molecule has 0 unspecified atom stereocenters. The van der Waals surface area contributed by atoms with Gasteiger partial charge >= 0.3 is 5.97 Å². The summed E-state index contributed by atoms with van der Waals surface area (Å²) >= 11 is 1.34. The van der Waals surface area contributed by atoms with Gasteiger partial charge in [-0.3, -0.25) is 9.48 Å². The quantitative estimate of drug-likeness (QED) is 0.596. The third kappa shape index (κ3) is 3.49. The molecule has 0 aliphatic carbocycles. The highest BCUT2D eigenvalue weighted by Crippen LogP contribution is 2.29. The van der Waals surface area contributed by atoms with Crippen LogP contribution in [0.1, 0.15) is 37.7 Å². The number of ether oxygens (including phenoxy) is 1. The molecule has 0 atom stereocenters. The first-order valence-corrected chi connectivity index (χ1v) is 8.01. The predicted molar refractivity (Wildman–Crippen MR) is 82.7 cm³/mol. The molecule has 0 spiro atoms. The van der Waals surface area contributed by atoms with Crippen LogP contribution in [0.4, 0.5) is 0 Å². The molecule has 2 aromatic heterocycles. The summed E-state index contributed by atoms with van der Waals surface area (Å²) in [6, 6.07) is 0.268.